The van der Waals surface area contributed by atoms with Gasteiger partial charge >= 0.3 is 27.6 Å². The Hall–Kier alpha value is -3.12. The van der Waals surface area contributed by atoms with Gasteiger partial charge in [-0.2, -0.15) is 0 Å². The fourth-order valence-electron chi connectivity index (χ4n) is 6.14. The summed E-state index contributed by atoms with van der Waals surface area (Å²) in [6.07, 6.45) is 28.9. The second-order valence-electron chi connectivity index (χ2n) is 15.6. The van der Waals surface area contributed by atoms with E-state index in [0.717, 1.165) is 64.2 Å². The Bertz CT molecular complexity index is 1670. The topological polar surface area (TPSA) is 276 Å². The van der Waals surface area contributed by atoms with Crippen LogP contribution < -0.4 is 0 Å². The van der Waals surface area contributed by atoms with Gasteiger partial charge in [0.1, 0.15) is 43.2 Å². The third-order valence-electron chi connectivity index (χ3n) is 9.81. The first-order valence-corrected chi connectivity index (χ1v) is 25.9. The molecule has 0 aromatic carbocycles. The van der Waals surface area contributed by atoms with E-state index in [1.54, 1.807) is 6.08 Å². The fraction of sp³-hybridized carbons (Fsp3) is 0.617. The fourth-order valence-corrected chi connectivity index (χ4v) is 7.68. The van der Waals surface area contributed by atoms with Crippen LogP contribution in [0.3, 0.4) is 0 Å². The highest BCUT2D eigenvalue weighted by Gasteiger charge is 2.54. The quantitative estimate of drug-likeness (QED) is 0.0100. The van der Waals surface area contributed by atoms with E-state index in [1.165, 1.54) is 0 Å². The third kappa shape index (κ3) is 31.0. The molecule has 1 rings (SSSR count). The average molecular weight is 975 g/mol. The molecule has 0 bridgehead atoms. The van der Waals surface area contributed by atoms with Crippen molar-refractivity contribution in [2.45, 2.75) is 172 Å². The van der Waals surface area contributed by atoms with Crippen molar-refractivity contribution < 1.29 is 82.0 Å². The zero-order valence-electron chi connectivity index (χ0n) is 38.4. The number of aliphatic hydroxyl groups excluding tert-OH is 5. The number of aliphatic hydroxyl groups is 5. The molecule has 376 valence electrons. The number of esters is 2. The molecule has 0 aromatic rings. The monoisotopic (exact) mass is 974 g/mol. The average Bonchev–Trinajstić information content (AvgIpc) is 3.27. The van der Waals surface area contributed by atoms with Crippen LogP contribution in [0.2, 0.25) is 0 Å². The van der Waals surface area contributed by atoms with Crippen LogP contribution in [0.1, 0.15) is 123 Å². The summed E-state index contributed by atoms with van der Waals surface area (Å²) in [6.45, 7) is 2.58. The number of unbranched alkanes of at least 4 members (excludes halogenated alkanes) is 6. The van der Waals surface area contributed by atoms with Crippen LogP contribution in [0.5, 0.6) is 0 Å². The van der Waals surface area contributed by atoms with Crippen molar-refractivity contribution in [1.82, 2.24) is 0 Å². The molecule has 1 saturated carbocycles. The molecule has 66 heavy (non-hydrogen) atoms. The van der Waals surface area contributed by atoms with E-state index < -0.39 is 89.6 Å². The van der Waals surface area contributed by atoms with E-state index >= 15 is 0 Å². The summed E-state index contributed by atoms with van der Waals surface area (Å²) in [6, 6.07) is 0. The lowest BCUT2D eigenvalue weighted by Crippen LogP contribution is -2.64. The molecular weight excluding hydrogens is 898 g/mol. The standard InChI is InChI=1S/C47H76O17P2/c1-3-5-6-7-8-9-10-11-12-17-20-23-26-29-32-35-41(50)62-39(37-61-66(58,59)64-47-44(53)42(51)43(52)46(45(47)54)63-65(55,56)57)36-60-40(49)34-31-28-25-22-19-16-14-13-15-18-21-24-27-30-33-38(48)4-2/h5-6,8-9,11-12,14-16,18,22,24-25,27,30,33,38-39,42-48,51-54H,3-4,7,10,13,17,19-21,23,26,28-29,31-32,34-37H2,1-2H3,(H,58,59)(H2,55,56,57)/b6-5-,9-8-,12-11-,16-14-,18-15-,25-22-,27-24-,33-30+/t38-,39+,42?,43?,44?,45?,46+,47-/m0/s1. The zero-order valence-corrected chi connectivity index (χ0v) is 40.2. The van der Waals surface area contributed by atoms with Gasteiger partial charge in [-0.25, -0.2) is 9.13 Å². The maximum absolute atomic E-state index is 13.0. The molecule has 8 N–H and O–H groups in total. The molecule has 0 heterocycles. The number of ether oxygens (including phenoxy) is 2. The highest BCUT2D eigenvalue weighted by Crippen LogP contribution is 2.49. The SMILES string of the molecule is CC/C=C\C/C=C\C/C=C\CCCCCCCC(=O)O[C@H](COC(=O)CCC/C=C\C/C=C\C/C=C\C/C=C\C=C\[C@@H](O)CC)COP(=O)(O)O[C@H]1C(O)C(O)C(O)[C@@H](OP(=O)(O)O)C1O. The van der Waals surface area contributed by atoms with Crippen LogP contribution in [0.25, 0.3) is 0 Å². The van der Waals surface area contributed by atoms with E-state index in [1.807, 2.05) is 49.5 Å². The molecule has 0 amide bonds. The molecule has 0 aliphatic heterocycles. The van der Waals surface area contributed by atoms with Crippen molar-refractivity contribution in [3.05, 3.63) is 97.2 Å². The van der Waals surface area contributed by atoms with Gasteiger partial charge in [0.25, 0.3) is 0 Å². The summed E-state index contributed by atoms with van der Waals surface area (Å²) < 4.78 is 49.2. The number of phosphoric acid groups is 2. The Morgan fingerprint density at radius 1 is 0.561 bits per heavy atom. The normalized spacial score (nSPS) is 22.9. The predicted octanol–water partition coefficient (Wildman–Crippen LogP) is 7.36. The van der Waals surface area contributed by atoms with E-state index in [-0.39, 0.29) is 12.8 Å². The first kappa shape index (κ1) is 60.9. The van der Waals surface area contributed by atoms with Gasteiger partial charge in [-0.3, -0.25) is 23.2 Å². The van der Waals surface area contributed by atoms with Gasteiger partial charge in [0.2, 0.25) is 0 Å². The van der Waals surface area contributed by atoms with Crippen LogP contribution in [-0.2, 0) is 41.8 Å². The van der Waals surface area contributed by atoms with Gasteiger partial charge in [0, 0.05) is 12.8 Å². The van der Waals surface area contributed by atoms with Crippen LogP contribution >= 0.6 is 15.6 Å². The zero-order chi connectivity index (χ0) is 49.1. The number of carbonyl (C=O) groups is 2. The summed E-state index contributed by atoms with van der Waals surface area (Å²) in [4.78, 5) is 54.2. The highest BCUT2D eigenvalue weighted by atomic mass is 31.2. The molecular formula is C47H76O17P2. The second-order valence-corrected chi connectivity index (χ2v) is 18.2. The molecule has 1 aliphatic carbocycles. The van der Waals surface area contributed by atoms with Crippen LogP contribution in [0, 0.1) is 0 Å². The minimum Gasteiger partial charge on any atom is -0.462 e. The number of hydrogen-bond donors (Lipinski definition) is 8. The van der Waals surface area contributed by atoms with E-state index in [9.17, 15) is 49.1 Å². The Morgan fingerprint density at radius 3 is 1.64 bits per heavy atom. The minimum atomic E-state index is -5.38. The van der Waals surface area contributed by atoms with Crippen LogP contribution in [0.15, 0.2) is 97.2 Å². The summed E-state index contributed by atoms with van der Waals surface area (Å²) in [5, 5.41) is 50.7. The number of hydrogen-bond acceptors (Lipinski definition) is 14. The molecule has 9 atom stereocenters. The van der Waals surface area contributed by atoms with E-state index in [2.05, 4.69) is 60.1 Å². The van der Waals surface area contributed by atoms with Crippen LogP contribution in [0.4, 0.5) is 0 Å². The Balaban J connectivity index is 2.67. The summed E-state index contributed by atoms with van der Waals surface area (Å²) in [5.74, 6) is -1.32. The van der Waals surface area contributed by atoms with Gasteiger partial charge in [0.05, 0.1) is 12.7 Å². The molecule has 0 aromatic heterocycles. The summed E-state index contributed by atoms with van der Waals surface area (Å²) >= 11 is 0. The van der Waals surface area contributed by atoms with Gasteiger partial charge in [0.15, 0.2) is 6.10 Å². The van der Waals surface area contributed by atoms with Crippen molar-refractivity contribution in [2.24, 2.45) is 0 Å². The van der Waals surface area contributed by atoms with Crippen LogP contribution in [-0.4, -0.2) is 114 Å². The highest BCUT2D eigenvalue weighted by molar-refractivity contribution is 7.47. The number of rotatable bonds is 36. The molecule has 5 unspecified atom stereocenters. The Kier molecular flexibility index (Phi) is 34.0. The first-order chi connectivity index (χ1) is 31.5. The Morgan fingerprint density at radius 2 is 1.06 bits per heavy atom. The van der Waals surface area contributed by atoms with E-state index in [0.29, 0.717) is 32.1 Å². The predicted molar refractivity (Wildman–Crippen MR) is 251 cm³/mol. The van der Waals surface area contributed by atoms with Crippen molar-refractivity contribution in [3.8, 4) is 0 Å². The van der Waals surface area contributed by atoms with Crippen molar-refractivity contribution in [2.75, 3.05) is 13.2 Å². The van der Waals surface area contributed by atoms with Gasteiger partial charge < -0.3 is 49.7 Å². The molecule has 1 fully saturated rings. The molecule has 1 aliphatic rings. The third-order valence-corrected chi connectivity index (χ3v) is 11.3. The lowest BCUT2D eigenvalue weighted by Gasteiger charge is -2.43. The maximum Gasteiger partial charge on any atom is 0.472 e. The molecule has 17 nitrogen and oxygen atoms in total. The number of allylic oxidation sites excluding steroid dienone is 15. The number of phosphoric ester groups is 2. The van der Waals surface area contributed by atoms with Crippen molar-refractivity contribution in [1.29, 1.82) is 0 Å². The smallest absolute Gasteiger partial charge is 0.462 e. The first-order valence-electron chi connectivity index (χ1n) is 22.9. The largest absolute Gasteiger partial charge is 0.472 e. The van der Waals surface area contributed by atoms with Crippen molar-refractivity contribution >= 4 is 27.6 Å². The summed E-state index contributed by atoms with van der Waals surface area (Å²) in [5.41, 5.74) is 0. The Labute approximate surface area is 390 Å². The van der Waals surface area contributed by atoms with E-state index in [4.69, 9.17) is 28.3 Å². The molecule has 0 spiro atoms. The van der Waals surface area contributed by atoms with Gasteiger partial charge in [-0.15, -0.1) is 0 Å². The maximum atomic E-state index is 13.0. The van der Waals surface area contributed by atoms with Gasteiger partial charge in [-0.1, -0.05) is 130 Å². The van der Waals surface area contributed by atoms with Crippen molar-refractivity contribution in [3.63, 3.8) is 0 Å². The number of carbonyl (C=O) groups excluding carboxylic acids is 2. The lowest BCUT2D eigenvalue weighted by atomic mass is 9.85. The summed E-state index contributed by atoms with van der Waals surface area (Å²) in [7, 11) is -10.7. The lowest BCUT2D eigenvalue weighted by molar-refractivity contribution is -0.216. The second kappa shape index (κ2) is 36.9. The minimum absolute atomic E-state index is 0.000831. The molecule has 0 saturated heterocycles. The molecule has 19 heteroatoms. The molecule has 0 radical (unpaired) electrons. The van der Waals surface area contributed by atoms with Gasteiger partial charge in [-0.05, 0) is 77.0 Å².